The van der Waals surface area contributed by atoms with Crippen molar-refractivity contribution in [2.45, 2.75) is 6.42 Å². The molecule has 1 aromatic rings. The van der Waals surface area contributed by atoms with E-state index in [0.29, 0.717) is 16.6 Å². The van der Waals surface area contributed by atoms with Crippen molar-refractivity contribution in [3.05, 3.63) is 34.1 Å². The van der Waals surface area contributed by atoms with Gasteiger partial charge in [-0.3, -0.25) is 4.79 Å². The van der Waals surface area contributed by atoms with Crippen molar-refractivity contribution in [1.82, 2.24) is 15.1 Å². The van der Waals surface area contributed by atoms with Crippen molar-refractivity contribution in [3.8, 4) is 0 Å². The number of likely N-dealkylation sites (N-methyl/N-ethyl adjacent to an activating group) is 1. The second-order valence-corrected chi connectivity index (χ2v) is 6.24. The van der Waals surface area contributed by atoms with Crippen molar-refractivity contribution in [3.63, 3.8) is 0 Å². The highest BCUT2D eigenvalue weighted by Crippen LogP contribution is 2.16. The largest absolute Gasteiger partial charge is 0.352 e. The molecule has 1 aliphatic heterocycles. The molecular weight excluding hydrogens is 337 g/mol. The zero-order chi connectivity index (χ0) is 15.2. The van der Waals surface area contributed by atoms with Crippen molar-refractivity contribution < 1.29 is 9.18 Å². The molecule has 0 saturated carbocycles. The SMILES string of the molecule is CN1CCN(CCCNC(=O)c2ccc(Br)c(F)c2)CC1. The number of halogens is 2. The molecule has 0 aliphatic carbocycles. The molecule has 0 bridgehead atoms. The van der Waals surface area contributed by atoms with Gasteiger partial charge in [0.25, 0.3) is 5.91 Å². The van der Waals surface area contributed by atoms with Crippen LogP contribution in [0.3, 0.4) is 0 Å². The molecule has 1 aliphatic rings. The standard InChI is InChI=1S/C15H21BrFN3O/c1-19-7-9-20(10-8-19)6-2-5-18-15(21)12-3-4-13(16)14(17)11-12/h3-4,11H,2,5-10H2,1H3,(H,18,21). The van der Waals surface area contributed by atoms with E-state index in [9.17, 15) is 9.18 Å². The van der Waals surface area contributed by atoms with Gasteiger partial charge in [-0.15, -0.1) is 0 Å². The van der Waals surface area contributed by atoms with Gasteiger partial charge in [0.1, 0.15) is 5.82 Å². The van der Waals surface area contributed by atoms with Gasteiger partial charge in [-0.05, 0) is 54.1 Å². The highest BCUT2D eigenvalue weighted by atomic mass is 79.9. The third-order valence-electron chi connectivity index (χ3n) is 3.71. The monoisotopic (exact) mass is 357 g/mol. The van der Waals surface area contributed by atoms with Crippen molar-refractivity contribution >= 4 is 21.8 Å². The van der Waals surface area contributed by atoms with Crippen LogP contribution in [0, 0.1) is 5.82 Å². The molecular formula is C15H21BrFN3O. The number of benzene rings is 1. The Morgan fingerprint density at radius 1 is 1.33 bits per heavy atom. The lowest BCUT2D eigenvalue weighted by Crippen LogP contribution is -2.45. The maximum atomic E-state index is 13.4. The Kier molecular flexibility index (Phi) is 6.14. The van der Waals surface area contributed by atoms with E-state index >= 15 is 0 Å². The molecule has 0 spiro atoms. The summed E-state index contributed by atoms with van der Waals surface area (Å²) >= 11 is 3.07. The molecule has 1 fully saturated rings. The number of nitrogens with one attached hydrogen (secondary N) is 1. The van der Waals surface area contributed by atoms with E-state index in [1.54, 1.807) is 12.1 Å². The van der Waals surface area contributed by atoms with Gasteiger partial charge in [-0.25, -0.2) is 4.39 Å². The van der Waals surface area contributed by atoms with E-state index in [1.807, 2.05) is 0 Å². The van der Waals surface area contributed by atoms with Gasteiger partial charge in [0, 0.05) is 38.3 Å². The van der Waals surface area contributed by atoms with Crippen LogP contribution in [0.15, 0.2) is 22.7 Å². The van der Waals surface area contributed by atoms with Crippen LogP contribution in [-0.2, 0) is 0 Å². The van der Waals surface area contributed by atoms with Crippen LogP contribution in [0.2, 0.25) is 0 Å². The maximum Gasteiger partial charge on any atom is 0.251 e. The topological polar surface area (TPSA) is 35.6 Å². The van der Waals surface area contributed by atoms with Gasteiger partial charge in [-0.2, -0.15) is 0 Å². The van der Waals surface area contributed by atoms with Gasteiger partial charge in [0.05, 0.1) is 4.47 Å². The van der Waals surface area contributed by atoms with Crippen LogP contribution in [0.4, 0.5) is 4.39 Å². The summed E-state index contributed by atoms with van der Waals surface area (Å²) in [6, 6.07) is 4.41. The molecule has 6 heteroatoms. The number of hydrogen-bond donors (Lipinski definition) is 1. The van der Waals surface area contributed by atoms with Crippen LogP contribution in [0.1, 0.15) is 16.8 Å². The van der Waals surface area contributed by atoms with E-state index in [4.69, 9.17) is 0 Å². The average Bonchev–Trinajstić information content (AvgIpc) is 2.48. The predicted octanol–water partition coefficient (Wildman–Crippen LogP) is 1.96. The summed E-state index contributed by atoms with van der Waals surface area (Å²) in [4.78, 5) is 16.6. The van der Waals surface area contributed by atoms with E-state index in [-0.39, 0.29) is 5.91 Å². The molecule has 1 heterocycles. The Morgan fingerprint density at radius 2 is 2.05 bits per heavy atom. The molecule has 1 N–H and O–H groups in total. The first-order valence-electron chi connectivity index (χ1n) is 7.20. The molecule has 0 aromatic heterocycles. The fourth-order valence-corrected chi connectivity index (χ4v) is 2.56. The number of nitrogens with zero attached hydrogens (tertiary/aromatic N) is 2. The first-order chi connectivity index (χ1) is 10.1. The number of amides is 1. The van der Waals surface area contributed by atoms with Gasteiger partial charge in [-0.1, -0.05) is 0 Å². The number of carbonyl (C=O) groups is 1. The van der Waals surface area contributed by atoms with E-state index in [2.05, 4.69) is 38.1 Å². The lowest BCUT2D eigenvalue weighted by Gasteiger charge is -2.32. The smallest absolute Gasteiger partial charge is 0.251 e. The molecule has 2 rings (SSSR count). The molecule has 4 nitrogen and oxygen atoms in total. The summed E-state index contributed by atoms with van der Waals surface area (Å²) in [7, 11) is 2.13. The number of piperazine rings is 1. The Morgan fingerprint density at radius 3 is 2.71 bits per heavy atom. The van der Waals surface area contributed by atoms with Crippen molar-refractivity contribution in [2.24, 2.45) is 0 Å². The fourth-order valence-electron chi connectivity index (χ4n) is 2.32. The van der Waals surface area contributed by atoms with Crippen LogP contribution in [0.25, 0.3) is 0 Å². The number of hydrogen-bond acceptors (Lipinski definition) is 3. The molecule has 0 radical (unpaired) electrons. The normalized spacial score (nSPS) is 16.9. The lowest BCUT2D eigenvalue weighted by molar-refractivity contribution is 0.0949. The summed E-state index contributed by atoms with van der Waals surface area (Å²) in [6.07, 6.45) is 0.911. The zero-order valence-electron chi connectivity index (χ0n) is 12.2. The minimum Gasteiger partial charge on any atom is -0.352 e. The average molecular weight is 358 g/mol. The summed E-state index contributed by atoms with van der Waals surface area (Å²) in [6.45, 7) is 5.98. The van der Waals surface area contributed by atoms with Crippen molar-refractivity contribution in [2.75, 3.05) is 46.3 Å². The first kappa shape index (κ1) is 16.4. The van der Waals surface area contributed by atoms with E-state index in [0.717, 1.165) is 39.1 Å². The minimum absolute atomic E-state index is 0.222. The number of rotatable bonds is 5. The second kappa shape index (κ2) is 7.87. The van der Waals surface area contributed by atoms with E-state index < -0.39 is 5.82 Å². The molecule has 1 aromatic carbocycles. The Labute approximate surface area is 133 Å². The third-order valence-corrected chi connectivity index (χ3v) is 4.36. The van der Waals surface area contributed by atoms with Crippen LogP contribution < -0.4 is 5.32 Å². The minimum atomic E-state index is -0.417. The van der Waals surface area contributed by atoms with Gasteiger partial charge in [0.2, 0.25) is 0 Å². The molecule has 0 atom stereocenters. The van der Waals surface area contributed by atoms with Gasteiger partial charge < -0.3 is 15.1 Å². The molecule has 1 saturated heterocycles. The summed E-state index contributed by atoms with van der Waals surface area (Å²) < 4.78 is 13.7. The highest BCUT2D eigenvalue weighted by molar-refractivity contribution is 9.10. The molecule has 0 unspecified atom stereocenters. The Balaban J connectivity index is 1.68. The Bertz CT molecular complexity index is 490. The molecule has 21 heavy (non-hydrogen) atoms. The van der Waals surface area contributed by atoms with Crippen LogP contribution in [-0.4, -0.2) is 62.0 Å². The molecule has 116 valence electrons. The second-order valence-electron chi connectivity index (χ2n) is 5.38. The fraction of sp³-hybridized carbons (Fsp3) is 0.533. The van der Waals surface area contributed by atoms with Gasteiger partial charge >= 0.3 is 0 Å². The van der Waals surface area contributed by atoms with Crippen LogP contribution in [0.5, 0.6) is 0 Å². The number of carbonyl (C=O) groups excluding carboxylic acids is 1. The maximum absolute atomic E-state index is 13.4. The summed E-state index contributed by atoms with van der Waals surface area (Å²) in [5.41, 5.74) is 0.357. The Hall–Kier alpha value is -0.980. The predicted molar refractivity (Wildman–Crippen MR) is 85.0 cm³/mol. The highest BCUT2D eigenvalue weighted by Gasteiger charge is 2.13. The third kappa shape index (κ3) is 5.05. The van der Waals surface area contributed by atoms with Crippen molar-refractivity contribution in [1.29, 1.82) is 0 Å². The van der Waals surface area contributed by atoms with Gasteiger partial charge in [0.15, 0.2) is 0 Å². The molecule has 1 amide bonds. The first-order valence-corrected chi connectivity index (χ1v) is 8.00. The van der Waals surface area contributed by atoms with E-state index in [1.165, 1.54) is 6.07 Å². The van der Waals surface area contributed by atoms with Crippen LogP contribution >= 0.6 is 15.9 Å². The lowest BCUT2D eigenvalue weighted by atomic mass is 10.2. The summed E-state index contributed by atoms with van der Waals surface area (Å²) in [5, 5.41) is 2.84. The zero-order valence-corrected chi connectivity index (χ0v) is 13.8. The quantitative estimate of drug-likeness (QED) is 0.818. The summed E-state index contributed by atoms with van der Waals surface area (Å²) in [5.74, 6) is -0.639.